The van der Waals surface area contributed by atoms with Gasteiger partial charge in [0.05, 0.1) is 18.0 Å². The summed E-state index contributed by atoms with van der Waals surface area (Å²) >= 11 is 7.45. The van der Waals surface area contributed by atoms with Crippen LogP contribution >= 0.6 is 22.9 Å². The predicted molar refractivity (Wildman–Crippen MR) is 94.0 cm³/mol. The first-order valence-corrected chi connectivity index (χ1v) is 8.46. The normalized spacial score (nSPS) is 11.0. The van der Waals surface area contributed by atoms with E-state index in [9.17, 15) is 4.79 Å². The van der Waals surface area contributed by atoms with Gasteiger partial charge in [-0.05, 0) is 36.7 Å². The van der Waals surface area contributed by atoms with E-state index in [1.54, 1.807) is 40.5 Å². The van der Waals surface area contributed by atoms with E-state index in [-0.39, 0.29) is 12.5 Å². The summed E-state index contributed by atoms with van der Waals surface area (Å²) in [5, 5.41) is 9.28. The largest absolute Gasteiger partial charge is 0.338 e. The molecule has 0 saturated carbocycles. The molecular weight excluding hydrogens is 348 g/mol. The van der Waals surface area contributed by atoms with Crippen LogP contribution in [-0.4, -0.2) is 34.5 Å². The third-order valence-corrected chi connectivity index (χ3v) is 4.24. The van der Waals surface area contributed by atoms with Crippen LogP contribution in [-0.2, 0) is 11.3 Å². The summed E-state index contributed by atoms with van der Waals surface area (Å²) in [7, 11) is 1.81. The Bertz CT molecular complexity index is 819. The van der Waals surface area contributed by atoms with Crippen LogP contribution in [0.3, 0.4) is 0 Å². The zero-order valence-corrected chi connectivity index (χ0v) is 14.5. The first kappa shape index (κ1) is 16.6. The molecule has 1 aromatic carbocycles. The molecule has 1 amide bonds. The molecule has 2 heterocycles. The molecule has 0 aliphatic carbocycles. The van der Waals surface area contributed by atoms with E-state index in [2.05, 4.69) is 15.5 Å². The second-order valence-corrected chi connectivity index (χ2v) is 6.60. The summed E-state index contributed by atoms with van der Waals surface area (Å²) in [6.45, 7) is 0.588. The molecule has 0 bridgehead atoms. The minimum atomic E-state index is -0.141. The van der Waals surface area contributed by atoms with Crippen molar-refractivity contribution in [3.8, 4) is 10.7 Å². The van der Waals surface area contributed by atoms with Crippen molar-refractivity contribution in [3.63, 3.8) is 0 Å². The summed E-state index contributed by atoms with van der Waals surface area (Å²) in [6, 6.07) is 10.9. The molecule has 3 aromatic rings. The average molecular weight is 363 g/mol. The highest BCUT2D eigenvalue weighted by atomic mass is 35.5. The SMILES string of the molecule is CN(CC(=O)Nc1cccc(Cl)c1)Cc1nc(-c2cccs2)no1. The number of anilines is 1. The Morgan fingerprint density at radius 1 is 1.38 bits per heavy atom. The number of benzene rings is 1. The van der Waals surface area contributed by atoms with Gasteiger partial charge < -0.3 is 9.84 Å². The number of hydrogen-bond acceptors (Lipinski definition) is 6. The van der Waals surface area contributed by atoms with Crippen molar-refractivity contribution in [3.05, 3.63) is 52.7 Å². The molecule has 24 heavy (non-hydrogen) atoms. The lowest BCUT2D eigenvalue weighted by Gasteiger charge is -2.13. The van der Waals surface area contributed by atoms with Crippen LogP contribution in [0.15, 0.2) is 46.3 Å². The highest BCUT2D eigenvalue weighted by Gasteiger charge is 2.13. The number of aromatic nitrogens is 2. The predicted octanol–water partition coefficient (Wildman–Crippen LogP) is 3.52. The van der Waals surface area contributed by atoms with Crippen molar-refractivity contribution in [2.75, 3.05) is 18.9 Å². The highest BCUT2D eigenvalue weighted by molar-refractivity contribution is 7.13. The maximum absolute atomic E-state index is 12.1. The lowest BCUT2D eigenvalue weighted by atomic mass is 10.3. The van der Waals surface area contributed by atoms with Crippen LogP contribution in [0.1, 0.15) is 5.89 Å². The molecule has 0 radical (unpaired) electrons. The Balaban J connectivity index is 1.53. The van der Waals surface area contributed by atoms with E-state index >= 15 is 0 Å². The van der Waals surface area contributed by atoms with Gasteiger partial charge in [-0.15, -0.1) is 11.3 Å². The second kappa shape index (κ2) is 7.57. The molecule has 6 nitrogen and oxygen atoms in total. The van der Waals surface area contributed by atoms with Gasteiger partial charge in [0, 0.05) is 10.7 Å². The molecule has 3 rings (SSSR count). The van der Waals surface area contributed by atoms with Gasteiger partial charge in [-0.3, -0.25) is 9.69 Å². The van der Waals surface area contributed by atoms with Gasteiger partial charge in [-0.2, -0.15) is 4.98 Å². The smallest absolute Gasteiger partial charge is 0.241 e. The maximum atomic E-state index is 12.1. The molecular formula is C16H15ClN4O2S. The number of carbonyl (C=O) groups is 1. The van der Waals surface area contributed by atoms with Crippen molar-refractivity contribution in [1.82, 2.24) is 15.0 Å². The summed E-state index contributed by atoms with van der Waals surface area (Å²) in [5.41, 5.74) is 0.665. The Morgan fingerprint density at radius 3 is 3.00 bits per heavy atom. The zero-order valence-electron chi connectivity index (χ0n) is 12.9. The van der Waals surface area contributed by atoms with E-state index in [0.717, 1.165) is 4.88 Å². The van der Waals surface area contributed by atoms with Gasteiger partial charge >= 0.3 is 0 Å². The summed E-state index contributed by atoms with van der Waals surface area (Å²) < 4.78 is 5.23. The minimum Gasteiger partial charge on any atom is -0.338 e. The molecule has 0 saturated heterocycles. The van der Waals surface area contributed by atoms with E-state index in [4.69, 9.17) is 16.1 Å². The van der Waals surface area contributed by atoms with Crippen molar-refractivity contribution in [2.45, 2.75) is 6.54 Å². The molecule has 2 aromatic heterocycles. The van der Waals surface area contributed by atoms with Gasteiger partial charge in [0.15, 0.2) is 0 Å². The fourth-order valence-electron chi connectivity index (χ4n) is 2.12. The third-order valence-electron chi connectivity index (χ3n) is 3.14. The average Bonchev–Trinajstić information content (AvgIpc) is 3.17. The molecule has 1 N–H and O–H groups in total. The quantitative estimate of drug-likeness (QED) is 0.726. The number of nitrogens with one attached hydrogen (secondary N) is 1. The van der Waals surface area contributed by atoms with Gasteiger partial charge in [-0.25, -0.2) is 0 Å². The lowest BCUT2D eigenvalue weighted by molar-refractivity contribution is -0.117. The van der Waals surface area contributed by atoms with Crippen LogP contribution in [0.2, 0.25) is 5.02 Å². The standard InChI is InChI=1S/C16H15ClN4O2S/c1-21(9-14(22)18-12-5-2-4-11(17)8-12)10-15-19-16(20-23-15)13-6-3-7-24-13/h2-8H,9-10H2,1H3,(H,18,22). The Hall–Kier alpha value is -2.22. The Morgan fingerprint density at radius 2 is 2.25 bits per heavy atom. The summed E-state index contributed by atoms with van der Waals surface area (Å²) in [5.74, 6) is 0.894. The zero-order chi connectivity index (χ0) is 16.9. The summed E-state index contributed by atoms with van der Waals surface area (Å²) in [6.07, 6.45) is 0. The van der Waals surface area contributed by atoms with Gasteiger partial charge in [0.2, 0.25) is 17.6 Å². The van der Waals surface area contributed by atoms with Crippen LogP contribution < -0.4 is 5.32 Å². The van der Waals surface area contributed by atoms with Crippen LogP contribution in [0.4, 0.5) is 5.69 Å². The van der Waals surface area contributed by atoms with Crippen molar-refractivity contribution in [2.24, 2.45) is 0 Å². The maximum Gasteiger partial charge on any atom is 0.241 e. The molecule has 0 unspecified atom stereocenters. The highest BCUT2D eigenvalue weighted by Crippen LogP contribution is 2.21. The molecule has 124 valence electrons. The molecule has 0 fully saturated rings. The number of nitrogens with zero attached hydrogens (tertiary/aromatic N) is 3. The van der Waals surface area contributed by atoms with E-state index in [1.165, 1.54) is 0 Å². The van der Waals surface area contributed by atoms with Crippen molar-refractivity contribution in [1.29, 1.82) is 0 Å². The number of halogens is 1. The number of likely N-dealkylation sites (N-methyl/N-ethyl adjacent to an activating group) is 1. The monoisotopic (exact) mass is 362 g/mol. The van der Waals surface area contributed by atoms with Crippen LogP contribution in [0.5, 0.6) is 0 Å². The first-order chi connectivity index (χ1) is 11.6. The molecule has 0 aliphatic rings. The van der Waals surface area contributed by atoms with E-state index in [1.807, 2.05) is 24.6 Å². The number of hydrogen-bond donors (Lipinski definition) is 1. The first-order valence-electron chi connectivity index (χ1n) is 7.20. The fourth-order valence-corrected chi connectivity index (χ4v) is 2.96. The second-order valence-electron chi connectivity index (χ2n) is 5.22. The van der Waals surface area contributed by atoms with E-state index < -0.39 is 0 Å². The van der Waals surface area contributed by atoms with Crippen LogP contribution in [0.25, 0.3) is 10.7 Å². The van der Waals surface area contributed by atoms with Gasteiger partial charge in [0.1, 0.15) is 0 Å². The Labute approximate surface area is 148 Å². The summed E-state index contributed by atoms with van der Waals surface area (Å²) in [4.78, 5) is 19.1. The molecule has 0 atom stereocenters. The number of rotatable bonds is 6. The lowest BCUT2D eigenvalue weighted by Crippen LogP contribution is -2.29. The molecule has 8 heteroatoms. The van der Waals surface area contributed by atoms with Crippen molar-refractivity contribution < 1.29 is 9.32 Å². The van der Waals surface area contributed by atoms with Gasteiger partial charge in [0.25, 0.3) is 0 Å². The van der Waals surface area contributed by atoms with Gasteiger partial charge in [-0.1, -0.05) is 28.9 Å². The number of amides is 1. The topological polar surface area (TPSA) is 71.3 Å². The number of thiophene rings is 1. The van der Waals surface area contributed by atoms with Crippen molar-refractivity contribution >= 4 is 34.5 Å². The number of carbonyl (C=O) groups excluding carboxylic acids is 1. The molecule has 0 aliphatic heterocycles. The fraction of sp³-hybridized carbons (Fsp3) is 0.188. The van der Waals surface area contributed by atoms with Crippen LogP contribution in [0, 0.1) is 0 Å². The minimum absolute atomic E-state index is 0.141. The van der Waals surface area contributed by atoms with E-state index in [0.29, 0.717) is 29.0 Å². The molecule has 0 spiro atoms. The Kier molecular flexibility index (Phi) is 5.24. The third kappa shape index (κ3) is 4.41.